The SMILES string of the molecule is CCCCCCCCCC(Cc1ccc(I)cc1)NN. The Bertz CT molecular complexity index is 337. The van der Waals surface area contributed by atoms with Crippen LogP contribution in [0.3, 0.4) is 0 Å². The quantitative estimate of drug-likeness (QED) is 0.247. The molecule has 0 heterocycles. The molecule has 114 valence electrons. The van der Waals surface area contributed by atoms with Gasteiger partial charge < -0.3 is 0 Å². The van der Waals surface area contributed by atoms with Crippen molar-refractivity contribution in [3.05, 3.63) is 33.4 Å². The van der Waals surface area contributed by atoms with Crippen molar-refractivity contribution in [2.45, 2.75) is 70.8 Å². The third-order valence-corrected chi connectivity index (χ3v) is 4.51. The molecule has 0 saturated carbocycles. The van der Waals surface area contributed by atoms with Crippen LogP contribution in [0.5, 0.6) is 0 Å². The van der Waals surface area contributed by atoms with E-state index >= 15 is 0 Å². The van der Waals surface area contributed by atoms with E-state index in [0.717, 1.165) is 6.42 Å². The van der Waals surface area contributed by atoms with E-state index in [1.165, 1.54) is 60.5 Å². The Balaban J connectivity index is 2.14. The first-order valence-corrected chi connectivity index (χ1v) is 9.04. The highest BCUT2D eigenvalue weighted by atomic mass is 127. The molecule has 1 rings (SSSR count). The van der Waals surface area contributed by atoms with Crippen LogP contribution in [0.2, 0.25) is 0 Å². The monoisotopic (exact) mass is 388 g/mol. The fraction of sp³-hybridized carbons (Fsp3) is 0.647. The van der Waals surface area contributed by atoms with Crippen LogP contribution in [0.4, 0.5) is 0 Å². The maximum Gasteiger partial charge on any atom is 0.0250 e. The summed E-state index contributed by atoms with van der Waals surface area (Å²) in [6, 6.07) is 9.15. The van der Waals surface area contributed by atoms with Gasteiger partial charge >= 0.3 is 0 Å². The van der Waals surface area contributed by atoms with Gasteiger partial charge in [-0.05, 0) is 53.1 Å². The third kappa shape index (κ3) is 8.22. The topological polar surface area (TPSA) is 38.0 Å². The molecule has 0 aliphatic carbocycles. The molecule has 0 amide bonds. The van der Waals surface area contributed by atoms with Gasteiger partial charge in [-0.15, -0.1) is 0 Å². The normalized spacial score (nSPS) is 12.6. The fourth-order valence-electron chi connectivity index (χ4n) is 2.50. The molecular weight excluding hydrogens is 359 g/mol. The number of hydrazine groups is 1. The van der Waals surface area contributed by atoms with Gasteiger partial charge in [-0.3, -0.25) is 11.3 Å². The summed E-state index contributed by atoms with van der Waals surface area (Å²) in [6.45, 7) is 2.27. The van der Waals surface area contributed by atoms with Crippen molar-refractivity contribution in [1.82, 2.24) is 5.43 Å². The Labute approximate surface area is 138 Å². The standard InChI is InChI=1S/C17H29IN2/c1-2-3-4-5-6-7-8-9-17(20-19)14-15-10-12-16(18)13-11-15/h10-13,17,20H,2-9,14,19H2,1H3. The van der Waals surface area contributed by atoms with Crippen LogP contribution in [0.15, 0.2) is 24.3 Å². The lowest BCUT2D eigenvalue weighted by molar-refractivity contribution is 0.458. The van der Waals surface area contributed by atoms with Crippen molar-refractivity contribution >= 4 is 22.6 Å². The molecule has 0 fully saturated rings. The first-order valence-electron chi connectivity index (χ1n) is 7.96. The Morgan fingerprint density at radius 1 is 1.00 bits per heavy atom. The number of nitrogens with one attached hydrogen (secondary N) is 1. The number of benzene rings is 1. The minimum absolute atomic E-state index is 0.408. The van der Waals surface area contributed by atoms with Crippen LogP contribution in [-0.2, 0) is 6.42 Å². The molecule has 2 nitrogen and oxygen atoms in total. The van der Waals surface area contributed by atoms with Crippen LogP contribution < -0.4 is 11.3 Å². The fourth-order valence-corrected chi connectivity index (χ4v) is 2.86. The van der Waals surface area contributed by atoms with E-state index in [9.17, 15) is 0 Å². The van der Waals surface area contributed by atoms with Gasteiger partial charge in [0, 0.05) is 9.61 Å². The Morgan fingerprint density at radius 3 is 2.20 bits per heavy atom. The molecule has 0 bridgehead atoms. The van der Waals surface area contributed by atoms with Gasteiger partial charge in [-0.25, -0.2) is 0 Å². The highest BCUT2D eigenvalue weighted by Crippen LogP contribution is 2.13. The van der Waals surface area contributed by atoms with Crippen LogP contribution in [0.1, 0.15) is 63.9 Å². The minimum Gasteiger partial charge on any atom is -0.271 e. The number of halogens is 1. The van der Waals surface area contributed by atoms with Crippen LogP contribution in [0.25, 0.3) is 0 Å². The molecule has 0 aliphatic heterocycles. The van der Waals surface area contributed by atoms with Crippen molar-refractivity contribution in [3.8, 4) is 0 Å². The zero-order chi connectivity index (χ0) is 14.6. The molecule has 3 N–H and O–H groups in total. The second-order valence-electron chi connectivity index (χ2n) is 5.60. The lowest BCUT2D eigenvalue weighted by atomic mass is 10.00. The van der Waals surface area contributed by atoms with Crippen molar-refractivity contribution < 1.29 is 0 Å². The molecule has 1 atom stereocenters. The molecule has 0 spiro atoms. The van der Waals surface area contributed by atoms with Gasteiger partial charge in [0.1, 0.15) is 0 Å². The van der Waals surface area contributed by atoms with Crippen LogP contribution in [-0.4, -0.2) is 6.04 Å². The molecular formula is C17H29IN2. The zero-order valence-electron chi connectivity index (χ0n) is 12.7. The number of unbranched alkanes of at least 4 members (excludes halogenated alkanes) is 6. The Hall–Kier alpha value is -0.130. The van der Waals surface area contributed by atoms with Crippen LogP contribution >= 0.6 is 22.6 Å². The average Bonchev–Trinajstić information content (AvgIpc) is 2.47. The lowest BCUT2D eigenvalue weighted by Crippen LogP contribution is -2.36. The van der Waals surface area contributed by atoms with Crippen molar-refractivity contribution in [3.63, 3.8) is 0 Å². The van der Waals surface area contributed by atoms with Gasteiger partial charge in [0.05, 0.1) is 0 Å². The van der Waals surface area contributed by atoms with Gasteiger partial charge in [-0.2, -0.15) is 0 Å². The number of hydrogen-bond donors (Lipinski definition) is 2. The summed E-state index contributed by atoms with van der Waals surface area (Å²) in [5.74, 6) is 5.68. The first-order chi connectivity index (χ1) is 9.76. The summed E-state index contributed by atoms with van der Waals surface area (Å²) in [6.07, 6.45) is 11.7. The Morgan fingerprint density at radius 2 is 1.60 bits per heavy atom. The van der Waals surface area contributed by atoms with E-state index in [-0.39, 0.29) is 0 Å². The van der Waals surface area contributed by atoms with Gasteiger partial charge in [-0.1, -0.05) is 64.0 Å². The van der Waals surface area contributed by atoms with Crippen molar-refractivity contribution in [1.29, 1.82) is 0 Å². The van der Waals surface area contributed by atoms with Gasteiger partial charge in [0.15, 0.2) is 0 Å². The number of rotatable bonds is 11. The zero-order valence-corrected chi connectivity index (χ0v) is 14.9. The Kier molecular flexibility index (Phi) is 10.3. The predicted molar refractivity (Wildman–Crippen MR) is 96.6 cm³/mol. The number of nitrogens with two attached hydrogens (primary N) is 1. The van der Waals surface area contributed by atoms with Crippen LogP contribution in [0, 0.1) is 3.57 Å². The largest absolute Gasteiger partial charge is 0.271 e. The van der Waals surface area contributed by atoms with E-state index in [1.54, 1.807) is 0 Å². The van der Waals surface area contributed by atoms with Gasteiger partial charge in [0.2, 0.25) is 0 Å². The average molecular weight is 388 g/mol. The van der Waals surface area contributed by atoms with E-state index in [0.29, 0.717) is 6.04 Å². The first kappa shape index (κ1) is 17.9. The number of hydrogen-bond acceptors (Lipinski definition) is 2. The van der Waals surface area contributed by atoms with Crippen molar-refractivity contribution in [2.75, 3.05) is 0 Å². The van der Waals surface area contributed by atoms with E-state index in [1.807, 2.05) is 0 Å². The van der Waals surface area contributed by atoms with E-state index in [4.69, 9.17) is 5.84 Å². The van der Waals surface area contributed by atoms with E-state index in [2.05, 4.69) is 59.2 Å². The smallest absolute Gasteiger partial charge is 0.0250 e. The highest BCUT2D eigenvalue weighted by Gasteiger charge is 2.07. The molecule has 1 unspecified atom stereocenters. The molecule has 0 aliphatic rings. The summed E-state index contributed by atoms with van der Waals surface area (Å²) in [7, 11) is 0. The summed E-state index contributed by atoms with van der Waals surface area (Å²) < 4.78 is 1.29. The predicted octanol–water partition coefficient (Wildman–Crippen LogP) is 4.81. The third-order valence-electron chi connectivity index (χ3n) is 3.79. The summed E-state index contributed by atoms with van der Waals surface area (Å²) in [5, 5.41) is 0. The molecule has 20 heavy (non-hydrogen) atoms. The highest BCUT2D eigenvalue weighted by molar-refractivity contribution is 14.1. The molecule has 1 aromatic rings. The second kappa shape index (κ2) is 11.5. The van der Waals surface area contributed by atoms with E-state index < -0.39 is 0 Å². The molecule has 3 heteroatoms. The summed E-state index contributed by atoms with van der Waals surface area (Å²) in [5.41, 5.74) is 4.35. The minimum atomic E-state index is 0.408. The van der Waals surface area contributed by atoms with Gasteiger partial charge in [0.25, 0.3) is 0 Å². The summed E-state index contributed by atoms with van der Waals surface area (Å²) >= 11 is 2.34. The van der Waals surface area contributed by atoms with Crippen molar-refractivity contribution in [2.24, 2.45) is 5.84 Å². The molecule has 0 radical (unpaired) electrons. The molecule has 0 aromatic heterocycles. The second-order valence-corrected chi connectivity index (χ2v) is 6.85. The summed E-state index contributed by atoms with van der Waals surface area (Å²) in [4.78, 5) is 0. The molecule has 1 aromatic carbocycles. The molecule has 0 saturated heterocycles. The maximum atomic E-state index is 5.68. The lowest BCUT2D eigenvalue weighted by Gasteiger charge is -2.16. The maximum absolute atomic E-state index is 5.68.